The molecule has 1 atom stereocenters. The first kappa shape index (κ1) is 17.9. The first-order valence-electron chi connectivity index (χ1n) is 9.56. The monoisotopic (exact) mass is 370 g/mol. The molecule has 4 rings (SSSR count). The predicted molar refractivity (Wildman–Crippen MR) is 104 cm³/mol. The molecule has 0 saturated carbocycles. The molecule has 2 aromatic rings. The van der Waals surface area contributed by atoms with Crippen molar-refractivity contribution in [1.29, 1.82) is 0 Å². The molecule has 2 aromatic heterocycles. The Morgan fingerprint density at radius 2 is 1.93 bits per heavy atom. The largest absolute Gasteiger partial charge is 0.395 e. The lowest BCUT2D eigenvalue weighted by atomic mass is 10.0. The number of rotatable bonds is 6. The summed E-state index contributed by atoms with van der Waals surface area (Å²) in [4.78, 5) is 18.4. The summed E-state index contributed by atoms with van der Waals surface area (Å²) in [7, 11) is 0. The van der Waals surface area contributed by atoms with Gasteiger partial charge in [-0.1, -0.05) is 6.07 Å². The van der Waals surface area contributed by atoms with Crippen molar-refractivity contribution in [3.8, 4) is 0 Å². The van der Waals surface area contributed by atoms with Gasteiger partial charge in [-0.2, -0.15) is 4.98 Å². The third-order valence-electron chi connectivity index (χ3n) is 5.05. The van der Waals surface area contributed by atoms with Crippen LogP contribution in [0.5, 0.6) is 0 Å². The molecule has 0 amide bonds. The molecule has 0 aromatic carbocycles. The number of aliphatic hydroxyl groups is 1. The van der Waals surface area contributed by atoms with Crippen LogP contribution in [0, 0.1) is 0 Å². The molecular weight excluding hydrogens is 344 g/mol. The minimum Gasteiger partial charge on any atom is -0.395 e. The van der Waals surface area contributed by atoms with Crippen LogP contribution in [0.3, 0.4) is 0 Å². The highest BCUT2D eigenvalue weighted by Gasteiger charge is 2.24. The average Bonchev–Trinajstić information content (AvgIpc) is 3.28. The van der Waals surface area contributed by atoms with E-state index in [1.807, 2.05) is 18.3 Å². The van der Waals surface area contributed by atoms with E-state index in [1.165, 1.54) is 0 Å². The Morgan fingerprint density at radius 1 is 1.11 bits per heavy atom. The number of piperazine rings is 1. The van der Waals surface area contributed by atoms with Crippen LogP contribution in [0.25, 0.3) is 0 Å². The van der Waals surface area contributed by atoms with Crippen LogP contribution in [0.1, 0.15) is 18.0 Å². The fraction of sp³-hybridized carbons (Fsp3) is 0.526. The molecule has 4 heterocycles. The number of ether oxygens (including phenoxy) is 1. The number of aromatic nitrogens is 3. The molecule has 0 aliphatic carbocycles. The van der Waals surface area contributed by atoms with E-state index in [-0.39, 0.29) is 6.61 Å². The summed E-state index contributed by atoms with van der Waals surface area (Å²) in [6.07, 6.45) is 2.82. The number of nitrogens with one attached hydrogen (secondary N) is 1. The SMILES string of the molecule is OCCNc1nc(C2CCOC2)cc(N2CCN(c3ccccn3)CC2)n1. The fourth-order valence-corrected chi connectivity index (χ4v) is 3.54. The molecule has 0 radical (unpaired) electrons. The Kier molecular flexibility index (Phi) is 5.64. The fourth-order valence-electron chi connectivity index (χ4n) is 3.54. The topological polar surface area (TPSA) is 86.6 Å². The minimum absolute atomic E-state index is 0.0538. The second kappa shape index (κ2) is 8.49. The van der Waals surface area contributed by atoms with Crippen molar-refractivity contribution in [2.24, 2.45) is 0 Å². The van der Waals surface area contributed by atoms with Crippen LogP contribution in [-0.2, 0) is 4.74 Å². The highest BCUT2D eigenvalue weighted by molar-refractivity contribution is 5.48. The molecular formula is C19H26N6O2. The van der Waals surface area contributed by atoms with E-state index in [2.05, 4.69) is 42.2 Å². The number of hydrogen-bond donors (Lipinski definition) is 2. The van der Waals surface area contributed by atoms with Gasteiger partial charge in [-0.25, -0.2) is 9.97 Å². The van der Waals surface area contributed by atoms with Gasteiger partial charge < -0.3 is 25.0 Å². The highest BCUT2D eigenvalue weighted by atomic mass is 16.5. The van der Waals surface area contributed by atoms with E-state index in [0.29, 0.717) is 25.0 Å². The minimum atomic E-state index is 0.0538. The summed E-state index contributed by atoms with van der Waals surface area (Å²) < 4.78 is 5.53. The molecule has 2 aliphatic rings. The van der Waals surface area contributed by atoms with Crippen molar-refractivity contribution in [2.45, 2.75) is 12.3 Å². The third kappa shape index (κ3) is 4.28. The Hall–Kier alpha value is -2.45. The summed E-state index contributed by atoms with van der Waals surface area (Å²) in [6, 6.07) is 8.11. The maximum atomic E-state index is 9.10. The van der Waals surface area contributed by atoms with E-state index < -0.39 is 0 Å². The molecule has 2 saturated heterocycles. The zero-order valence-electron chi connectivity index (χ0n) is 15.4. The molecule has 8 nitrogen and oxygen atoms in total. The van der Waals surface area contributed by atoms with Gasteiger partial charge in [0.1, 0.15) is 11.6 Å². The lowest BCUT2D eigenvalue weighted by molar-refractivity contribution is 0.193. The summed E-state index contributed by atoms with van der Waals surface area (Å²) in [5.41, 5.74) is 1.02. The van der Waals surface area contributed by atoms with Crippen LogP contribution >= 0.6 is 0 Å². The standard InChI is InChI=1S/C19H26N6O2/c26-11-6-21-19-22-16(15-4-12-27-14-15)13-18(23-19)25-9-7-24(8-10-25)17-3-1-2-5-20-17/h1-3,5,13,15,26H,4,6-12,14H2,(H,21,22,23). The van der Waals surface area contributed by atoms with Gasteiger partial charge in [0.15, 0.2) is 0 Å². The normalized spacial score (nSPS) is 20.1. The highest BCUT2D eigenvalue weighted by Crippen LogP contribution is 2.28. The van der Waals surface area contributed by atoms with Gasteiger partial charge in [-0.3, -0.25) is 0 Å². The maximum Gasteiger partial charge on any atom is 0.224 e. The lowest BCUT2D eigenvalue weighted by Crippen LogP contribution is -2.47. The number of aliphatic hydroxyl groups excluding tert-OH is 1. The zero-order valence-corrected chi connectivity index (χ0v) is 15.4. The summed E-state index contributed by atoms with van der Waals surface area (Å²) in [5.74, 6) is 2.86. The van der Waals surface area contributed by atoms with Crippen LogP contribution in [-0.4, -0.2) is 72.6 Å². The smallest absolute Gasteiger partial charge is 0.224 e. The maximum absolute atomic E-state index is 9.10. The quantitative estimate of drug-likeness (QED) is 0.782. The Morgan fingerprint density at radius 3 is 2.59 bits per heavy atom. The second-order valence-electron chi connectivity index (χ2n) is 6.85. The number of pyridine rings is 1. The van der Waals surface area contributed by atoms with Gasteiger partial charge in [-0.15, -0.1) is 0 Å². The van der Waals surface area contributed by atoms with Crippen LogP contribution in [0.2, 0.25) is 0 Å². The lowest BCUT2D eigenvalue weighted by Gasteiger charge is -2.36. The zero-order chi connectivity index (χ0) is 18.5. The van der Waals surface area contributed by atoms with Gasteiger partial charge in [0, 0.05) is 57.5 Å². The Labute approximate surface area is 159 Å². The van der Waals surface area contributed by atoms with Gasteiger partial charge in [0.2, 0.25) is 5.95 Å². The van der Waals surface area contributed by atoms with E-state index in [4.69, 9.17) is 9.84 Å². The van der Waals surface area contributed by atoms with Crippen molar-refractivity contribution >= 4 is 17.6 Å². The first-order chi connectivity index (χ1) is 13.3. The first-order valence-corrected chi connectivity index (χ1v) is 9.56. The van der Waals surface area contributed by atoms with E-state index in [9.17, 15) is 0 Å². The third-order valence-corrected chi connectivity index (χ3v) is 5.05. The van der Waals surface area contributed by atoms with Crippen molar-refractivity contribution in [3.05, 3.63) is 36.2 Å². The molecule has 27 heavy (non-hydrogen) atoms. The molecule has 2 aliphatic heterocycles. The molecule has 0 bridgehead atoms. The Bertz CT molecular complexity index is 730. The van der Waals surface area contributed by atoms with E-state index in [1.54, 1.807) is 0 Å². The van der Waals surface area contributed by atoms with Gasteiger partial charge >= 0.3 is 0 Å². The van der Waals surface area contributed by atoms with Crippen LogP contribution in [0.15, 0.2) is 30.5 Å². The van der Waals surface area contributed by atoms with Crippen LogP contribution < -0.4 is 15.1 Å². The van der Waals surface area contributed by atoms with E-state index in [0.717, 1.165) is 56.5 Å². The molecule has 0 spiro atoms. The van der Waals surface area contributed by atoms with E-state index >= 15 is 0 Å². The summed E-state index contributed by atoms with van der Waals surface area (Å²) in [6.45, 7) is 5.57. The van der Waals surface area contributed by atoms with Crippen molar-refractivity contribution in [2.75, 3.05) is 67.7 Å². The second-order valence-corrected chi connectivity index (χ2v) is 6.85. The van der Waals surface area contributed by atoms with Gasteiger partial charge in [-0.05, 0) is 18.6 Å². The van der Waals surface area contributed by atoms with Gasteiger partial charge in [0.25, 0.3) is 0 Å². The summed E-state index contributed by atoms with van der Waals surface area (Å²) in [5, 5.41) is 12.2. The molecule has 2 fully saturated rings. The van der Waals surface area contributed by atoms with Crippen molar-refractivity contribution in [1.82, 2.24) is 15.0 Å². The van der Waals surface area contributed by atoms with Crippen molar-refractivity contribution in [3.63, 3.8) is 0 Å². The average molecular weight is 370 g/mol. The number of anilines is 3. The molecule has 8 heteroatoms. The van der Waals surface area contributed by atoms with Crippen LogP contribution in [0.4, 0.5) is 17.6 Å². The number of nitrogens with zero attached hydrogens (tertiary/aromatic N) is 5. The molecule has 1 unspecified atom stereocenters. The van der Waals surface area contributed by atoms with Gasteiger partial charge in [0.05, 0.1) is 18.9 Å². The predicted octanol–water partition coefficient (Wildman–Crippen LogP) is 1.11. The number of hydrogen-bond acceptors (Lipinski definition) is 8. The Balaban J connectivity index is 1.49. The summed E-state index contributed by atoms with van der Waals surface area (Å²) >= 11 is 0. The molecule has 2 N–H and O–H groups in total. The molecule has 144 valence electrons. The van der Waals surface area contributed by atoms with Crippen molar-refractivity contribution < 1.29 is 9.84 Å².